The summed E-state index contributed by atoms with van der Waals surface area (Å²) in [6.45, 7) is 1.33. The van der Waals surface area contributed by atoms with Crippen LogP contribution in [0, 0.1) is 0 Å². The van der Waals surface area contributed by atoms with Crippen LogP contribution in [0.15, 0.2) is 33.9 Å². The van der Waals surface area contributed by atoms with Crippen molar-refractivity contribution in [1.82, 2.24) is 15.5 Å². The van der Waals surface area contributed by atoms with Crippen LogP contribution in [0.4, 0.5) is 0 Å². The van der Waals surface area contributed by atoms with Crippen LogP contribution in [0.5, 0.6) is 5.75 Å². The highest BCUT2D eigenvalue weighted by atomic mass is 32.2. The van der Waals surface area contributed by atoms with Gasteiger partial charge in [-0.2, -0.15) is 0 Å². The molecule has 3 rings (SSSR count). The van der Waals surface area contributed by atoms with Gasteiger partial charge in [0, 0.05) is 13.2 Å². The third-order valence-electron chi connectivity index (χ3n) is 3.62. The summed E-state index contributed by atoms with van der Waals surface area (Å²) < 4.78 is 16.3. The van der Waals surface area contributed by atoms with Crippen molar-refractivity contribution >= 4 is 17.7 Å². The summed E-state index contributed by atoms with van der Waals surface area (Å²) in [4.78, 5) is 11.9. The monoisotopic (exact) mass is 349 g/mol. The van der Waals surface area contributed by atoms with Crippen molar-refractivity contribution in [2.45, 2.75) is 24.2 Å². The molecule has 1 aliphatic rings. The maximum atomic E-state index is 11.9. The standard InChI is InChI=1S/C16H19N3O4S/c1-21-13-7-3-2-6-12(13)15-18-19-16(23-15)24-10-14(20)17-9-11-5-4-8-22-11/h2-3,6-7,11H,4-5,8-10H2,1H3,(H,17,20). The first-order valence-corrected chi connectivity index (χ1v) is 8.73. The molecule has 8 heteroatoms. The molecule has 1 amide bonds. The molecule has 1 N–H and O–H groups in total. The molecular formula is C16H19N3O4S. The first-order chi connectivity index (χ1) is 11.8. The lowest BCUT2D eigenvalue weighted by molar-refractivity contribution is -0.119. The van der Waals surface area contributed by atoms with Gasteiger partial charge in [-0.05, 0) is 25.0 Å². The first-order valence-electron chi connectivity index (χ1n) is 7.74. The Kier molecular flexibility index (Phi) is 5.71. The van der Waals surface area contributed by atoms with E-state index in [9.17, 15) is 4.79 Å². The molecule has 7 nitrogen and oxygen atoms in total. The Balaban J connectivity index is 1.51. The lowest BCUT2D eigenvalue weighted by atomic mass is 10.2. The zero-order chi connectivity index (χ0) is 16.8. The predicted octanol–water partition coefficient (Wildman–Crippen LogP) is 2.13. The summed E-state index contributed by atoms with van der Waals surface area (Å²) in [5.41, 5.74) is 0.724. The van der Waals surface area contributed by atoms with Gasteiger partial charge in [0.2, 0.25) is 5.91 Å². The molecule has 0 saturated carbocycles. The third-order valence-corrected chi connectivity index (χ3v) is 4.44. The van der Waals surface area contributed by atoms with Crippen molar-refractivity contribution in [3.8, 4) is 17.2 Å². The number of aromatic nitrogens is 2. The number of nitrogens with zero attached hydrogens (tertiary/aromatic N) is 2. The number of nitrogens with one attached hydrogen (secondary N) is 1. The Hall–Kier alpha value is -2.06. The molecule has 1 fully saturated rings. The van der Waals surface area contributed by atoms with Gasteiger partial charge in [0.15, 0.2) is 0 Å². The molecule has 0 bridgehead atoms. The number of hydrogen-bond acceptors (Lipinski definition) is 7. The molecule has 1 atom stereocenters. The second kappa shape index (κ2) is 8.16. The first kappa shape index (κ1) is 16.8. The average molecular weight is 349 g/mol. The van der Waals surface area contributed by atoms with E-state index in [2.05, 4.69) is 15.5 Å². The molecule has 0 radical (unpaired) electrons. The summed E-state index contributed by atoms with van der Waals surface area (Å²) in [6.07, 6.45) is 2.20. The van der Waals surface area contributed by atoms with Gasteiger partial charge in [-0.25, -0.2) is 0 Å². The van der Waals surface area contributed by atoms with Crippen LogP contribution >= 0.6 is 11.8 Å². The van der Waals surface area contributed by atoms with E-state index in [4.69, 9.17) is 13.9 Å². The molecular weight excluding hydrogens is 330 g/mol. The third kappa shape index (κ3) is 4.27. The summed E-state index contributed by atoms with van der Waals surface area (Å²) in [7, 11) is 1.59. The normalized spacial score (nSPS) is 17.0. The minimum Gasteiger partial charge on any atom is -0.496 e. The number of carbonyl (C=O) groups is 1. The SMILES string of the molecule is COc1ccccc1-c1nnc(SCC(=O)NCC2CCCO2)o1. The highest BCUT2D eigenvalue weighted by molar-refractivity contribution is 7.99. The Labute approximate surface area is 144 Å². The maximum Gasteiger partial charge on any atom is 0.277 e. The fourth-order valence-corrected chi connectivity index (χ4v) is 3.00. The van der Waals surface area contributed by atoms with Gasteiger partial charge in [-0.15, -0.1) is 10.2 Å². The van der Waals surface area contributed by atoms with Gasteiger partial charge < -0.3 is 19.2 Å². The van der Waals surface area contributed by atoms with Crippen LogP contribution in [0.3, 0.4) is 0 Å². The van der Waals surface area contributed by atoms with E-state index in [-0.39, 0.29) is 17.8 Å². The van der Waals surface area contributed by atoms with Crippen molar-refractivity contribution in [3.63, 3.8) is 0 Å². The smallest absolute Gasteiger partial charge is 0.277 e. The number of hydrogen-bond donors (Lipinski definition) is 1. The second-order valence-electron chi connectivity index (χ2n) is 5.30. The van der Waals surface area contributed by atoms with E-state index in [0.29, 0.717) is 23.4 Å². The number of methoxy groups -OCH3 is 1. The van der Waals surface area contributed by atoms with Gasteiger partial charge in [0.1, 0.15) is 5.75 Å². The quantitative estimate of drug-likeness (QED) is 0.766. The Morgan fingerprint density at radius 3 is 3.08 bits per heavy atom. The number of rotatable bonds is 7. The van der Waals surface area contributed by atoms with E-state index in [1.54, 1.807) is 7.11 Å². The Bertz CT molecular complexity index is 685. The fraction of sp³-hybridized carbons (Fsp3) is 0.438. The summed E-state index contributed by atoms with van der Waals surface area (Å²) in [6, 6.07) is 7.40. The largest absolute Gasteiger partial charge is 0.496 e. The van der Waals surface area contributed by atoms with Gasteiger partial charge in [-0.3, -0.25) is 4.79 Å². The van der Waals surface area contributed by atoms with Crippen LogP contribution in [0.2, 0.25) is 0 Å². The van der Waals surface area contributed by atoms with E-state index in [0.717, 1.165) is 25.0 Å². The average Bonchev–Trinajstić information content (AvgIpc) is 3.29. The van der Waals surface area contributed by atoms with E-state index in [1.807, 2.05) is 24.3 Å². The molecule has 128 valence electrons. The zero-order valence-electron chi connectivity index (χ0n) is 13.4. The number of amides is 1. The molecule has 1 aromatic carbocycles. The number of carbonyl (C=O) groups excluding carboxylic acids is 1. The number of thioether (sulfide) groups is 1. The highest BCUT2D eigenvalue weighted by Gasteiger charge is 2.17. The van der Waals surface area contributed by atoms with E-state index in [1.165, 1.54) is 11.8 Å². The van der Waals surface area contributed by atoms with Gasteiger partial charge in [0.05, 0.1) is 24.5 Å². The van der Waals surface area contributed by atoms with Crippen molar-refractivity contribution in [3.05, 3.63) is 24.3 Å². The van der Waals surface area contributed by atoms with Gasteiger partial charge in [-0.1, -0.05) is 23.9 Å². The minimum absolute atomic E-state index is 0.0764. The molecule has 1 aliphatic heterocycles. The molecule has 1 aromatic heterocycles. The minimum atomic E-state index is -0.0764. The number of para-hydroxylation sites is 1. The maximum absolute atomic E-state index is 11.9. The lowest BCUT2D eigenvalue weighted by Gasteiger charge is -2.09. The molecule has 24 heavy (non-hydrogen) atoms. The van der Waals surface area contributed by atoms with Crippen LogP contribution in [-0.2, 0) is 9.53 Å². The number of ether oxygens (including phenoxy) is 2. The molecule has 2 aromatic rings. The zero-order valence-corrected chi connectivity index (χ0v) is 14.2. The topological polar surface area (TPSA) is 86.5 Å². The molecule has 1 saturated heterocycles. The van der Waals surface area contributed by atoms with Crippen molar-refractivity contribution in [2.75, 3.05) is 26.0 Å². The van der Waals surface area contributed by atoms with Crippen molar-refractivity contribution in [1.29, 1.82) is 0 Å². The van der Waals surface area contributed by atoms with Crippen LogP contribution < -0.4 is 10.1 Å². The molecule has 0 aliphatic carbocycles. The van der Waals surface area contributed by atoms with Gasteiger partial charge >= 0.3 is 0 Å². The Morgan fingerprint density at radius 2 is 2.29 bits per heavy atom. The fourth-order valence-electron chi connectivity index (χ4n) is 2.41. The summed E-state index contributed by atoms with van der Waals surface area (Å²) >= 11 is 1.21. The summed E-state index contributed by atoms with van der Waals surface area (Å²) in [5.74, 6) is 1.18. The van der Waals surface area contributed by atoms with Crippen LogP contribution in [-0.4, -0.2) is 48.2 Å². The van der Waals surface area contributed by atoms with Crippen LogP contribution in [0.1, 0.15) is 12.8 Å². The second-order valence-corrected chi connectivity index (χ2v) is 6.23. The molecule has 0 spiro atoms. The summed E-state index contributed by atoms with van der Waals surface area (Å²) in [5, 5.41) is 11.2. The highest BCUT2D eigenvalue weighted by Crippen LogP contribution is 2.30. The Morgan fingerprint density at radius 1 is 1.42 bits per heavy atom. The lowest BCUT2D eigenvalue weighted by Crippen LogP contribution is -2.32. The molecule has 1 unspecified atom stereocenters. The van der Waals surface area contributed by atoms with Crippen molar-refractivity contribution in [2.24, 2.45) is 0 Å². The number of benzene rings is 1. The van der Waals surface area contributed by atoms with Crippen molar-refractivity contribution < 1.29 is 18.7 Å². The predicted molar refractivity (Wildman–Crippen MR) is 89.0 cm³/mol. The van der Waals surface area contributed by atoms with Crippen LogP contribution in [0.25, 0.3) is 11.5 Å². The molecule has 2 heterocycles. The van der Waals surface area contributed by atoms with Gasteiger partial charge in [0.25, 0.3) is 11.1 Å². The van der Waals surface area contributed by atoms with E-state index < -0.39 is 0 Å². The van der Waals surface area contributed by atoms with E-state index >= 15 is 0 Å².